The molecule has 1 aliphatic heterocycles. The number of amides is 1. The highest BCUT2D eigenvalue weighted by Gasteiger charge is 2.33. The minimum absolute atomic E-state index is 0.254. The monoisotopic (exact) mass is 304 g/mol. The molecule has 22 heavy (non-hydrogen) atoms. The summed E-state index contributed by atoms with van der Waals surface area (Å²) in [5, 5.41) is 1.14. The lowest BCUT2D eigenvalue weighted by atomic mass is 10.1. The van der Waals surface area contributed by atoms with E-state index in [4.69, 9.17) is 14.3 Å². The highest BCUT2D eigenvalue weighted by Crippen LogP contribution is 2.14. The number of nitrogens with zero attached hydrogens (tertiary/aromatic N) is 2. The van der Waals surface area contributed by atoms with Gasteiger partial charge in [-0.25, -0.2) is 10.1 Å². The molecule has 118 valence electrons. The molecule has 0 aliphatic carbocycles. The van der Waals surface area contributed by atoms with Crippen molar-refractivity contribution in [3.63, 3.8) is 0 Å². The zero-order valence-corrected chi connectivity index (χ0v) is 12.7. The predicted molar refractivity (Wildman–Crippen MR) is 82.2 cm³/mol. The number of carbonyl (C=O) groups excluding carboxylic acids is 1. The van der Waals surface area contributed by atoms with Crippen LogP contribution in [0, 0.1) is 0 Å². The third-order valence-corrected chi connectivity index (χ3v) is 3.24. The molecule has 1 amide bonds. The molecule has 0 saturated carbocycles. The molecule has 1 heterocycles. The fraction of sp³-hybridized carbons (Fsp3) is 0.375. The van der Waals surface area contributed by atoms with Crippen molar-refractivity contribution in [1.82, 2.24) is 5.06 Å². The van der Waals surface area contributed by atoms with Gasteiger partial charge in [0.25, 0.3) is 5.91 Å². The normalized spacial score (nSPS) is 20.3. The van der Waals surface area contributed by atoms with Crippen LogP contribution in [0.2, 0.25) is 0 Å². The summed E-state index contributed by atoms with van der Waals surface area (Å²) in [5.74, 6) is -0.254. The van der Waals surface area contributed by atoms with Crippen molar-refractivity contribution in [3.05, 3.63) is 48.0 Å². The molecule has 6 nitrogen and oxygen atoms in total. The van der Waals surface area contributed by atoms with Gasteiger partial charge >= 0.3 is 0 Å². The molecule has 1 aromatic carbocycles. The van der Waals surface area contributed by atoms with Gasteiger partial charge in [-0.05, 0) is 11.6 Å². The van der Waals surface area contributed by atoms with Crippen molar-refractivity contribution >= 4 is 12.3 Å². The summed E-state index contributed by atoms with van der Waals surface area (Å²) in [4.78, 5) is 20.9. The molecule has 0 fully saturated rings. The summed E-state index contributed by atoms with van der Waals surface area (Å²) in [6.45, 7) is 0.984. The molecule has 6 heteroatoms. The van der Waals surface area contributed by atoms with Crippen molar-refractivity contribution in [2.45, 2.75) is 18.8 Å². The first-order valence-corrected chi connectivity index (χ1v) is 6.99. The molecular weight excluding hydrogens is 284 g/mol. The number of likely N-dealkylation sites (N-methyl/N-ethyl adjacent to an activating group) is 1. The lowest BCUT2D eigenvalue weighted by Crippen LogP contribution is -2.39. The minimum Gasteiger partial charge on any atom is -0.473 e. The second-order valence-electron chi connectivity index (χ2n) is 4.75. The SMILES string of the molecule is CON(C)C(=O)[C@H]1N=CO[C@@H]1/C=C/COCc1ccccc1. The topological polar surface area (TPSA) is 60.4 Å². The number of hydrogen-bond acceptors (Lipinski definition) is 5. The van der Waals surface area contributed by atoms with Gasteiger partial charge in [0.15, 0.2) is 12.4 Å². The lowest BCUT2D eigenvalue weighted by molar-refractivity contribution is -0.171. The fourth-order valence-corrected chi connectivity index (χ4v) is 1.97. The molecule has 0 saturated heterocycles. The van der Waals surface area contributed by atoms with Gasteiger partial charge in [-0.15, -0.1) is 0 Å². The second kappa shape index (κ2) is 8.31. The van der Waals surface area contributed by atoms with Gasteiger partial charge in [-0.2, -0.15) is 0 Å². The van der Waals surface area contributed by atoms with Crippen LogP contribution in [0.4, 0.5) is 0 Å². The van der Waals surface area contributed by atoms with Crippen LogP contribution in [0.15, 0.2) is 47.5 Å². The molecule has 0 N–H and O–H groups in total. The molecule has 0 unspecified atom stereocenters. The Labute approximate surface area is 129 Å². The van der Waals surface area contributed by atoms with E-state index in [0.29, 0.717) is 13.2 Å². The Morgan fingerprint density at radius 2 is 2.18 bits per heavy atom. The number of hydroxylamine groups is 2. The second-order valence-corrected chi connectivity index (χ2v) is 4.75. The van der Waals surface area contributed by atoms with Gasteiger partial charge in [0.1, 0.15) is 6.10 Å². The highest BCUT2D eigenvalue weighted by atomic mass is 16.7. The van der Waals surface area contributed by atoms with Crippen molar-refractivity contribution in [3.8, 4) is 0 Å². The van der Waals surface area contributed by atoms with E-state index in [-0.39, 0.29) is 5.91 Å². The summed E-state index contributed by atoms with van der Waals surface area (Å²) in [6.07, 6.45) is 4.48. The number of aliphatic imine (C=N–C) groups is 1. The van der Waals surface area contributed by atoms with Crippen LogP contribution in [0.25, 0.3) is 0 Å². The van der Waals surface area contributed by atoms with Crippen molar-refractivity contribution in [2.24, 2.45) is 4.99 Å². The summed E-state index contributed by atoms with van der Waals surface area (Å²) < 4.78 is 10.8. The van der Waals surface area contributed by atoms with E-state index in [0.717, 1.165) is 10.6 Å². The van der Waals surface area contributed by atoms with Crippen molar-refractivity contribution in [2.75, 3.05) is 20.8 Å². The van der Waals surface area contributed by atoms with E-state index < -0.39 is 12.1 Å². The standard InChI is InChI=1S/C16H20N2O4/c1-18(20-2)16(19)15-14(22-12-17-15)9-6-10-21-11-13-7-4-3-5-8-13/h3-9,12,14-15H,10-11H2,1-2H3/b9-6+/t14-,15+/m1/s1. The van der Waals surface area contributed by atoms with Crippen LogP contribution in [0.5, 0.6) is 0 Å². The fourth-order valence-electron chi connectivity index (χ4n) is 1.97. The molecule has 1 aliphatic rings. The minimum atomic E-state index is -0.615. The van der Waals surface area contributed by atoms with Gasteiger partial charge in [0.2, 0.25) is 0 Å². The summed E-state index contributed by atoms with van der Waals surface area (Å²) >= 11 is 0. The zero-order valence-electron chi connectivity index (χ0n) is 12.7. The Balaban J connectivity index is 1.76. The van der Waals surface area contributed by atoms with Crippen LogP contribution >= 0.6 is 0 Å². The molecule has 2 rings (SSSR count). The van der Waals surface area contributed by atoms with E-state index >= 15 is 0 Å². The summed E-state index contributed by atoms with van der Waals surface area (Å²) in [6, 6.07) is 9.31. The highest BCUT2D eigenvalue weighted by molar-refractivity contribution is 5.84. The largest absolute Gasteiger partial charge is 0.473 e. The Kier molecular flexibility index (Phi) is 6.12. The smallest absolute Gasteiger partial charge is 0.274 e. The molecule has 0 radical (unpaired) electrons. The zero-order chi connectivity index (χ0) is 15.8. The van der Waals surface area contributed by atoms with Crippen molar-refractivity contribution in [1.29, 1.82) is 0 Å². The van der Waals surface area contributed by atoms with Crippen LogP contribution in [-0.4, -0.2) is 50.3 Å². The van der Waals surface area contributed by atoms with E-state index in [1.165, 1.54) is 13.5 Å². The summed E-state index contributed by atoms with van der Waals surface area (Å²) in [5.41, 5.74) is 1.12. The van der Waals surface area contributed by atoms with Crippen LogP contribution in [0.1, 0.15) is 5.56 Å². The number of hydrogen-bond donors (Lipinski definition) is 0. The van der Waals surface area contributed by atoms with Crippen LogP contribution in [-0.2, 0) is 25.7 Å². The molecule has 0 bridgehead atoms. The number of benzene rings is 1. The van der Waals surface area contributed by atoms with Crippen molar-refractivity contribution < 1.29 is 19.1 Å². The first-order chi connectivity index (χ1) is 10.7. The average Bonchev–Trinajstić information content (AvgIpc) is 3.02. The van der Waals surface area contributed by atoms with E-state index in [1.54, 1.807) is 13.1 Å². The van der Waals surface area contributed by atoms with E-state index in [2.05, 4.69) is 4.99 Å². The Bertz CT molecular complexity index is 530. The van der Waals surface area contributed by atoms with Crippen LogP contribution < -0.4 is 0 Å². The molecule has 2 atom stereocenters. The Morgan fingerprint density at radius 1 is 1.41 bits per heavy atom. The lowest BCUT2D eigenvalue weighted by Gasteiger charge is -2.19. The van der Waals surface area contributed by atoms with Gasteiger partial charge in [0, 0.05) is 7.05 Å². The maximum atomic E-state index is 12.0. The van der Waals surface area contributed by atoms with Gasteiger partial charge in [-0.3, -0.25) is 9.63 Å². The van der Waals surface area contributed by atoms with Gasteiger partial charge < -0.3 is 9.47 Å². The Hall–Kier alpha value is -2.18. The summed E-state index contributed by atoms with van der Waals surface area (Å²) in [7, 11) is 2.97. The number of ether oxygens (including phenoxy) is 2. The molecule has 0 spiro atoms. The first kappa shape index (κ1) is 16.2. The number of rotatable bonds is 7. The predicted octanol–water partition coefficient (Wildman–Crippen LogP) is 1.57. The molecule has 1 aromatic rings. The number of carbonyl (C=O) groups is 1. The van der Waals surface area contributed by atoms with E-state index in [1.807, 2.05) is 36.4 Å². The average molecular weight is 304 g/mol. The van der Waals surface area contributed by atoms with E-state index in [9.17, 15) is 4.79 Å². The third kappa shape index (κ3) is 4.41. The maximum Gasteiger partial charge on any atom is 0.274 e. The Morgan fingerprint density at radius 3 is 2.91 bits per heavy atom. The molecule has 0 aromatic heterocycles. The van der Waals surface area contributed by atoms with Crippen LogP contribution in [0.3, 0.4) is 0 Å². The van der Waals surface area contributed by atoms with Gasteiger partial charge in [0.05, 0.1) is 20.3 Å². The third-order valence-electron chi connectivity index (χ3n) is 3.24. The maximum absolute atomic E-state index is 12.0. The van der Waals surface area contributed by atoms with Gasteiger partial charge in [-0.1, -0.05) is 36.4 Å². The quantitative estimate of drug-likeness (QED) is 0.436. The molecular formula is C16H20N2O4. The first-order valence-electron chi connectivity index (χ1n) is 6.99.